The summed E-state index contributed by atoms with van der Waals surface area (Å²) in [7, 11) is 0. The van der Waals surface area contributed by atoms with E-state index in [1.165, 1.54) is 84.1 Å². The molecule has 0 amide bonds. The third-order valence-electron chi connectivity index (χ3n) is 4.23. The van der Waals surface area contributed by atoms with Gasteiger partial charge >= 0.3 is 0 Å². The smallest absolute Gasteiger partial charge is 0.000663 e. The second-order valence-corrected chi connectivity index (χ2v) is 5.59. The standard InChI is InChI=1S/C14H28N2/c1-2-6-14(7-3-1)8-13-16-11-4-9-15-10-5-12-16/h14-15H,1-13H2. The number of nitrogens with one attached hydrogen (secondary N) is 1. The van der Waals surface area contributed by atoms with Gasteiger partial charge in [0.2, 0.25) is 0 Å². The van der Waals surface area contributed by atoms with E-state index in [4.69, 9.17) is 0 Å². The Bertz CT molecular complexity index is 168. The van der Waals surface area contributed by atoms with Crippen LogP contribution in [0.15, 0.2) is 0 Å². The lowest BCUT2D eigenvalue weighted by atomic mass is 9.87. The van der Waals surface area contributed by atoms with Gasteiger partial charge in [0.05, 0.1) is 0 Å². The fourth-order valence-electron chi connectivity index (χ4n) is 3.16. The summed E-state index contributed by atoms with van der Waals surface area (Å²) in [5, 5.41) is 3.49. The monoisotopic (exact) mass is 224 g/mol. The van der Waals surface area contributed by atoms with Gasteiger partial charge in [-0.25, -0.2) is 0 Å². The summed E-state index contributed by atoms with van der Waals surface area (Å²) < 4.78 is 0. The van der Waals surface area contributed by atoms with Gasteiger partial charge in [0.1, 0.15) is 0 Å². The van der Waals surface area contributed by atoms with E-state index in [9.17, 15) is 0 Å². The molecule has 94 valence electrons. The van der Waals surface area contributed by atoms with Gasteiger partial charge in [0, 0.05) is 0 Å². The fourth-order valence-corrected chi connectivity index (χ4v) is 3.16. The molecule has 2 aliphatic rings. The second-order valence-electron chi connectivity index (χ2n) is 5.59. The van der Waals surface area contributed by atoms with Gasteiger partial charge < -0.3 is 10.2 Å². The highest BCUT2D eigenvalue weighted by atomic mass is 15.1. The largest absolute Gasteiger partial charge is 0.317 e. The minimum Gasteiger partial charge on any atom is -0.317 e. The maximum Gasteiger partial charge on any atom is -0.000663 e. The maximum atomic E-state index is 3.49. The zero-order valence-electron chi connectivity index (χ0n) is 10.7. The molecule has 2 fully saturated rings. The first-order chi connectivity index (χ1) is 7.95. The maximum absolute atomic E-state index is 3.49. The summed E-state index contributed by atoms with van der Waals surface area (Å²) in [4.78, 5) is 2.70. The molecule has 1 N–H and O–H groups in total. The molecule has 0 unspecified atom stereocenters. The van der Waals surface area contributed by atoms with E-state index in [2.05, 4.69) is 10.2 Å². The second kappa shape index (κ2) is 7.29. The van der Waals surface area contributed by atoms with Crippen LogP contribution < -0.4 is 5.32 Å². The molecule has 1 saturated carbocycles. The third-order valence-corrected chi connectivity index (χ3v) is 4.23. The Kier molecular flexibility index (Phi) is 5.64. The van der Waals surface area contributed by atoms with E-state index in [1.54, 1.807) is 0 Å². The Morgan fingerprint density at radius 1 is 0.875 bits per heavy atom. The van der Waals surface area contributed by atoms with Crippen molar-refractivity contribution in [1.82, 2.24) is 10.2 Å². The third kappa shape index (κ3) is 4.42. The van der Waals surface area contributed by atoms with Crippen LogP contribution in [0.25, 0.3) is 0 Å². The summed E-state index contributed by atoms with van der Waals surface area (Å²) in [6, 6.07) is 0. The lowest BCUT2D eigenvalue weighted by Gasteiger charge is -2.28. The quantitative estimate of drug-likeness (QED) is 0.793. The molecule has 1 heterocycles. The van der Waals surface area contributed by atoms with Gasteiger partial charge in [0.25, 0.3) is 0 Å². The van der Waals surface area contributed by atoms with Gasteiger partial charge in [-0.2, -0.15) is 0 Å². The van der Waals surface area contributed by atoms with E-state index >= 15 is 0 Å². The molecule has 1 saturated heterocycles. The molecule has 2 heteroatoms. The van der Waals surface area contributed by atoms with Crippen LogP contribution in [-0.4, -0.2) is 37.6 Å². The predicted molar refractivity (Wildman–Crippen MR) is 69.7 cm³/mol. The van der Waals surface area contributed by atoms with Crippen molar-refractivity contribution in [3.63, 3.8) is 0 Å². The zero-order chi connectivity index (χ0) is 11.1. The fraction of sp³-hybridized carbons (Fsp3) is 1.00. The van der Waals surface area contributed by atoms with Crippen LogP contribution >= 0.6 is 0 Å². The van der Waals surface area contributed by atoms with Gasteiger partial charge in [0.15, 0.2) is 0 Å². The molecule has 1 aliphatic heterocycles. The van der Waals surface area contributed by atoms with Crippen LogP contribution in [0, 0.1) is 5.92 Å². The molecule has 0 aromatic carbocycles. The molecule has 0 aromatic heterocycles. The summed E-state index contributed by atoms with van der Waals surface area (Å²) in [5.41, 5.74) is 0. The molecule has 0 radical (unpaired) electrons. The van der Waals surface area contributed by atoms with Crippen LogP contribution in [0.5, 0.6) is 0 Å². The molecule has 1 aliphatic carbocycles. The van der Waals surface area contributed by atoms with Gasteiger partial charge in [-0.3, -0.25) is 0 Å². The first-order valence-corrected chi connectivity index (χ1v) is 7.38. The Morgan fingerprint density at radius 2 is 1.56 bits per heavy atom. The summed E-state index contributed by atoms with van der Waals surface area (Å²) in [5.74, 6) is 1.05. The summed E-state index contributed by atoms with van der Waals surface area (Å²) in [6.07, 6.45) is 11.6. The highest BCUT2D eigenvalue weighted by Crippen LogP contribution is 2.26. The number of rotatable bonds is 3. The van der Waals surface area contributed by atoms with E-state index in [0.29, 0.717) is 0 Å². The van der Waals surface area contributed by atoms with E-state index < -0.39 is 0 Å². The Morgan fingerprint density at radius 3 is 2.25 bits per heavy atom. The first-order valence-electron chi connectivity index (χ1n) is 7.38. The van der Waals surface area contributed by atoms with Gasteiger partial charge in [-0.1, -0.05) is 32.1 Å². The van der Waals surface area contributed by atoms with Crippen LogP contribution in [0.2, 0.25) is 0 Å². The lowest BCUT2D eigenvalue weighted by Crippen LogP contribution is -2.35. The van der Waals surface area contributed by atoms with Crippen molar-refractivity contribution >= 4 is 0 Å². The van der Waals surface area contributed by atoms with Crippen LogP contribution in [0.1, 0.15) is 51.4 Å². The van der Waals surface area contributed by atoms with Crippen molar-refractivity contribution in [3.05, 3.63) is 0 Å². The van der Waals surface area contributed by atoms with E-state index in [-0.39, 0.29) is 0 Å². The molecule has 0 atom stereocenters. The summed E-state index contributed by atoms with van der Waals surface area (Å²) >= 11 is 0. The SMILES string of the molecule is C1CCC(CCN2CCCNCCC2)CC1. The highest BCUT2D eigenvalue weighted by molar-refractivity contribution is 4.70. The van der Waals surface area contributed by atoms with Crippen molar-refractivity contribution in [2.75, 3.05) is 32.7 Å². The lowest BCUT2D eigenvalue weighted by molar-refractivity contribution is 0.218. The van der Waals surface area contributed by atoms with Crippen LogP contribution in [-0.2, 0) is 0 Å². The molecule has 16 heavy (non-hydrogen) atoms. The molecule has 2 nitrogen and oxygen atoms in total. The van der Waals surface area contributed by atoms with Crippen molar-refractivity contribution in [2.45, 2.75) is 51.4 Å². The molecular formula is C14H28N2. The summed E-state index contributed by atoms with van der Waals surface area (Å²) in [6.45, 7) is 6.45. The topological polar surface area (TPSA) is 15.3 Å². The zero-order valence-corrected chi connectivity index (χ0v) is 10.7. The number of nitrogens with zero attached hydrogens (tertiary/aromatic N) is 1. The molecule has 0 bridgehead atoms. The van der Waals surface area contributed by atoms with Crippen molar-refractivity contribution in [1.29, 1.82) is 0 Å². The Hall–Kier alpha value is -0.0800. The van der Waals surface area contributed by atoms with E-state index in [1.807, 2.05) is 0 Å². The number of hydrogen-bond donors (Lipinski definition) is 1. The highest BCUT2D eigenvalue weighted by Gasteiger charge is 2.15. The van der Waals surface area contributed by atoms with Crippen molar-refractivity contribution in [3.8, 4) is 0 Å². The van der Waals surface area contributed by atoms with Crippen molar-refractivity contribution < 1.29 is 0 Å². The molecule has 0 spiro atoms. The first kappa shape index (κ1) is 12.4. The molecule has 0 aromatic rings. The number of hydrogen-bond acceptors (Lipinski definition) is 2. The van der Waals surface area contributed by atoms with Gasteiger partial charge in [-0.15, -0.1) is 0 Å². The minimum atomic E-state index is 1.05. The van der Waals surface area contributed by atoms with Gasteiger partial charge in [-0.05, 0) is 57.9 Å². The Balaban J connectivity index is 1.62. The molecular weight excluding hydrogens is 196 g/mol. The normalized spacial score (nSPS) is 26.2. The van der Waals surface area contributed by atoms with Crippen molar-refractivity contribution in [2.24, 2.45) is 5.92 Å². The van der Waals surface area contributed by atoms with Crippen LogP contribution in [0.4, 0.5) is 0 Å². The average Bonchev–Trinajstić information content (AvgIpc) is 2.29. The van der Waals surface area contributed by atoms with E-state index in [0.717, 1.165) is 5.92 Å². The Labute approximate surface area is 101 Å². The predicted octanol–water partition coefficient (Wildman–Crippen LogP) is 2.64. The van der Waals surface area contributed by atoms with Crippen LogP contribution in [0.3, 0.4) is 0 Å². The average molecular weight is 224 g/mol. The molecule has 2 rings (SSSR count). The minimum absolute atomic E-state index is 1.05.